The van der Waals surface area contributed by atoms with Gasteiger partial charge >= 0.3 is 0 Å². The van der Waals surface area contributed by atoms with Crippen molar-refractivity contribution in [3.63, 3.8) is 0 Å². The molecular weight excluding hydrogens is 336 g/mol. The average molecular weight is 367 g/mol. The molecule has 3 aliphatic heterocycles. The summed E-state index contributed by atoms with van der Waals surface area (Å²) in [6.07, 6.45) is 6.25. The molecule has 5 nitrogen and oxygen atoms in total. The highest BCUT2D eigenvalue weighted by Crippen LogP contribution is 2.55. The van der Waals surface area contributed by atoms with Crippen molar-refractivity contribution in [2.75, 3.05) is 33.7 Å². The monoisotopic (exact) mass is 366 g/mol. The number of fused-ring (bicyclic) bond motifs is 1. The molecule has 0 amide bonds. The first-order valence-corrected chi connectivity index (χ1v) is 10.2. The fourth-order valence-electron chi connectivity index (χ4n) is 5.30. The molecule has 0 aliphatic carbocycles. The van der Waals surface area contributed by atoms with E-state index < -0.39 is 0 Å². The lowest BCUT2D eigenvalue weighted by Crippen LogP contribution is -2.40. The zero-order chi connectivity index (χ0) is 17.6. The van der Waals surface area contributed by atoms with E-state index in [1.54, 1.807) is 0 Å². The van der Waals surface area contributed by atoms with Gasteiger partial charge in [-0.2, -0.15) is 0 Å². The fraction of sp³-hybridized carbons (Fsp3) is 0.842. The van der Waals surface area contributed by atoms with Crippen molar-refractivity contribution >= 4 is 11.6 Å². The molecule has 6 heteroatoms. The SMILES string of the molecule is CCCCc1nc(Cl)c(CN2C[C@@H]3[C@H](CN(C)C)[C@H]4CC[C@]3(C2)O4)[nH]1. The summed E-state index contributed by atoms with van der Waals surface area (Å²) in [5.41, 5.74) is 1.17. The Balaban J connectivity index is 1.43. The van der Waals surface area contributed by atoms with E-state index in [1.807, 2.05) is 0 Å². The normalized spacial score (nSPS) is 34.4. The second-order valence-electron chi connectivity index (χ2n) is 8.52. The number of unbranched alkanes of at least 4 members (excludes halogenated alkanes) is 1. The maximum atomic E-state index is 6.53. The summed E-state index contributed by atoms with van der Waals surface area (Å²) >= 11 is 6.39. The van der Waals surface area contributed by atoms with Crippen molar-refractivity contribution in [1.29, 1.82) is 0 Å². The van der Waals surface area contributed by atoms with Gasteiger partial charge < -0.3 is 14.6 Å². The predicted octanol–water partition coefficient (Wildman–Crippen LogP) is 2.95. The van der Waals surface area contributed by atoms with E-state index in [-0.39, 0.29) is 5.60 Å². The van der Waals surface area contributed by atoms with E-state index in [0.717, 1.165) is 50.5 Å². The Morgan fingerprint density at radius 3 is 3.04 bits per heavy atom. The number of aromatic nitrogens is 2. The molecule has 25 heavy (non-hydrogen) atoms. The van der Waals surface area contributed by atoms with Crippen LogP contribution < -0.4 is 0 Å². The molecule has 4 heterocycles. The zero-order valence-electron chi connectivity index (χ0n) is 15.7. The number of hydrogen-bond acceptors (Lipinski definition) is 4. The van der Waals surface area contributed by atoms with Gasteiger partial charge in [0.15, 0.2) is 5.15 Å². The van der Waals surface area contributed by atoms with Gasteiger partial charge in [-0.25, -0.2) is 4.98 Å². The van der Waals surface area contributed by atoms with Crippen LogP contribution in [0.1, 0.15) is 44.1 Å². The number of ether oxygens (including phenoxy) is 1. The topological polar surface area (TPSA) is 44.4 Å². The average Bonchev–Trinajstić information content (AvgIpc) is 3.27. The third-order valence-electron chi connectivity index (χ3n) is 6.36. The van der Waals surface area contributed by atoms with Crippen LogP contribution in [0.2, 0.25) is 5.15 Å². The van der Waals surface area contributed by atoms with Gasteiger partial charge in [-0.1, -0.05) is 24.9 Å². The van der Waals surface area contributed by atoms with Crippen LogP contribution in [0.5, 0.6) is 0 Å². The zero-order valence-corrected chi connectivity index (χ0v) is 16.5. The van der Waals surface area contributed by atoms with Crippen molar-refractivity contribution in [3.05, 3.63) is 16.7 Å². The van der Waals surface area contributed by atoms with Crippen molar-refractivity contribution in [2.24, 2.45) is 11.8 Å². The number of imidazole rings is 1. The summed E-state index contributed by atoms with van der Waals surface area (Å²) in [7, 11) is 4.35. The standard InChI is InChI=1S/C19H31ClN4O/c1-4-5-6-17-21-15(18(20)22-17)11-24-10-14-13(9-23(2)3)16-7-8-19(14,12-24)25-16/h13-14,16H,4-12H2,1-3H3,(H,21,22)/t13-,14+,16+,19+/m0/s1. The van der Waals surface area contributed by atoms with Crippen molar-refractivity contribution < 1.29 is 4.74 Å². The molecule has 2 bridgehead atoms. The summed E-state index contributed by atoms with van der Waals surface area (Å²) in [6.45, 7) is 6.36. The largest absolute Gasteiger partial charge is 0.370 e. The number of H-pyrrole nitrogens is 1. The van der Waals surface area contributed by atoms with Gasteiger partial charge in [-0.15, -0.1) is 0 Å². The summed E-state index contributed by atoms with van der Waals surface area (Å²) in [5, 5.41) is 0.649. The minimum absolute atomic E-state index is 0.100. The lowest BCUT2D eigenvalue weighted by Gasteiger charge is -2.31. The van der Waals surface area contributed by atoms with Crippen LogP contribution in [-0.2, 0) is 17.7 Å². The first-order valence-electron chi connectivity index (χ1n) is 9.79. The number of nitrogens with one attached hydrogen (secondary N) is 1. The summed E-state index contributed by atoms with van der Waals surface area (Å²) in [5.74, 6) is 2.36. The highest BCUT2D eigenvalue weighted by Gasteiger charge is 2.62. The van der Waals surface area contributed by atoms with E-state index in [9.17, 15) is 0 Å². The van der Waals surface area contributed by atoms with Gasteiger partial charge in [0.05, 0.1) is 17.4 Å². The molecule has 3 saturated heterocycles. The van der Waals surface area contributed by atoms with Crippen LogP contribution in [0.25, 0.3) is 0 Å². The number of aromatic amines is 1. The minimum atomic E-state index is 0.100. The van der Waals surface area contributed by atoms with Gasteiger partial charge in [0.2, 0.25) is 0 Å². The van der Waals surface area contributed by atoms with Gasteiger partial charge in [-0.05, 0) is 33.4 Å². The van der Waals surface area contributed by atoms with E-state index in [2.05, 4.69) is 40.8 Å². The van der Waals surface area contributed by atoms with E-state index in [0.29, 0.717) is 23.1 Å². The molecule has 0 aromatic carbocycles. The molecule has 1 N–H and O–H groups in total. The number of rotatable bonds is 7. The molecule has 4 rings (SSSR count). The van der Waals surface area contributed by atoms with Gasteiger partial charge in [0.1, 0.15) is 5.82 Å². The Labute approximate surface area is 156 Å². The smallest absolute Gasteiger partial charge is 0.151 e. The van der Waals surface area contributed by atoms with Crippen molar-refractivity contribution in [1.82, 2.24) is 19.8 Å². The van der Waals surface area contributed by atoms with Crippen LogP contribution in [0.4, 0.5) is 0 Å². The molecule has 0 unspecified atom stereocenters. The lowest BCUT2D eigenvalue weighted by molar-refractivity contribution is 0.00137. The van der Waals surface area contributed by atoms with Crippen molar-refractivity contribution in [3.8, 4) is 0 Å². The van der Waals surface area contributed by atoms with Crippen LogP contribution in [-0.4, -0.2) is 65.2 Å². The number of halogens is 1. The lowest BCUT2D eigenvalue weighted by atomic mass is 9.73. The molecule has 4 atom stereocenters. The molecule has 1 aromatic heterocycles. The van der Waals surface area contributed by atoms with E-state index >= 15 is 0 Å². The first-order chi connectivity index (χ1) is 12.0. The highest BCUT2D eigenvalue weighted by molar-refractivity contribution is 6.30. The second-order valence-corrected chi connectivity index (χ2v) is 8.88. The van der Waals surface area contributed by atoms with Crippen molar-refractivity contribution in [2.45, 2.75) is 57.3 Å². The van der Waals surface area contributed by atoms with Crippen LogP contribution in [0, 0.1) is 11.8 Å². The van der Waals surface area contributed by atoms with Crippen LogP contribution in [0.15, 0.2) is 0 Å². The van der Waals surface area contributed by atoms with Gasteiger partial charge in [-0.3, -0.25) is 4.90 Å². The number of nitrogens with zero attached hydrogens (tertiary/aromatic N) is 3. The minimum Gasteiger partial charge on any atom is -0.370 e. The Bertz CT molecular complexity index is 619. The molecule has 1 spiro atoms. The molecule has 140 valence electrons. The Morgan fingerprint density at radius 2 is 2.28 bits per heavy atom. The summed E-state index contributed by atoms with van der Waals surface area (Å²) < 4.78 is 6.53. The quantitative estimate of drug-likeness (QED) is 0.805. The maximum absolute atomic E-state index is 6.53. The molecule has 3 fully saturated rings. The van der Waals surface area contributed by atoms with Crippen LogP contribution >= 0.6 is 11.6 Å². The third kappa shape index (κ3) is 3.25. The summed E-state index contributed by atoms with van der Waals surface area (Å²) in [4.78, 5) is 12.8. The Kier molecular flexibility index (Phi) is 4.86. The van der Waals surface area contributed by atoms with E-state index in [4.69, 9.17) is 16.3 Å². The van der Waals surface area contributed by atoms with Gasteiger partial charge in [0.25, 0.3) is 0 Å². The summed E-state index contributed by atoms with van der Waals surface area (Å²) in [6, 6.07) is 0. The van der Waals surface area contributed by atoms with E-state index in [1.165, 1.54) is 19.3 Å². The predicted molar refractivity (Wildman–Crippen MR) is 99.9 cm³/mol. The van der Waals surface area contributed by atoms with Gasteiger partial charge in [0, 0.05) is 44.4 Å². The Morgan fingerprint density at radius 1 is 1.44 bits per heavy atom. The number of aryl methyl sites for hydroxylation is 1. The molecular formula is C19H31ClN4O. The molecule has 0 radical (unpaired) electrons. The fourth-order valence-corrected chi connectivity index (χ4v) is 5.51. The highest BCUT2D eigenvalue weighted by atomic mass is 35.5. The number of hydrogen-bond donors (Lipinski definition) is 1. The molecule has 3 aliphatic rings. The maximum Gasteiger partial charge on any atom is 0.151 e. The Hall–Kier alpha value is -0.620. The number of likely N-dealkylation sites (tertiary alicyclic amines) is 1. The molecule has 0 saturated carbocycles. The molecule has 1 aromatic rings. The first kappa shape index (κ1) is 17.8. The van der Waals surface area contributed by atoms with Crippen LogP contribution in [0.3, 0.4) is 0 Å². The third-order valence-corrected chi connectivity index (χ3v) is 6.67. The second kappa shape index (κ2) is 6.84.